The fourth-order valence-corrected chi connectivity index (χ4v) is 2.26. The van der Waals surface area contributed by atoms with Crippen molar-refractivity contribution in [2.45, 2.75) is 6.92 Å². The molecule has 0 amide bonds. The van der Waals surface area contributed by atoms with Gasteiger partial charge in [0, 0.05) is 9.13 Å². The molecule has 1 rings (SSSR count). The molecule has 4 heteroatoms. The Hall–Kier alpha value is -0.410. The molecule has 0 unspecified atom stereocenters. The Morgan fingerprint density at radius 2 is 2.29 bits per heavy atom. The predicted octanol–water partition coefficient (Wildman–Crippen LogP) is 3.05. The van der Waals surface area contributed by atoms with E-state index >= 15 is 0 Å². The molecule has 0 heterocycles. The van der Waals surface area contributed by atoms with Gasteiger partial charge < -0.3 is 0 Å². The Bertz CT molecular complexity index is 423. The van der Waals surface area contributed by atoms with E-state index in [-0.39, 0.29) is 11.1 Å². The predicted molar refractivity (Wildman–Crippen MR) is 66.7 cm³/mol. The van der Waals surface area contributed by atoms with Gasteiger partial charge in [-0.05, 0) is 47.2 Å². The van der Waals surface area contributed by atoms with Crippen LogP contribution in [0.4, 0.5) is 0 Å². The Morgan fingerprint density at radius 1 is 1.64 bits per heavy atom. The second-order valence-electron chi connectivity index (χ2n) is 2.81. The summed E-state index contributed by atoms with van der Waals surface area (Å²) < 4.78 is 0.975. The Kier molecular flexibility index (Phi) is 4.08. The number of aryl methyl sites for hydroxylation is 1. The molecule has 2 nitrogen and oxygen atoms in total. The summed E-state index contributed by atoms with van der Waals surface area (Å²) in [5, 5.41) is 9.17. The summed E-state index contributed by atoms with van der Waals surface area (Å²) >= 11 is 5.24. The van der Waals surface area contributed by atoms with E-state index in [2.05, 4.69) is 44.6 Å². The number of Topliss-reactive ketones (excluding diaryl/α,β-unsaturated/α-hetero) is 1. The lowest BCUT2D eigenvalue weighted by molar-refractivity contribution is 0.102. The molecule has 0 atom stereocenters. The maximum absolute atomic E-state index is 11.5. The normalized spacial score (nSPS) is 9.57. The largest absolute Gasteiger partial charge is 0.293 e. The number of carbonyl (C=O) groups is 1. The van der Waals surface area contributed by atoms with Crippen molar-refractivity contribution in [2.24, 2.45) is 0 Å². The molecule has 0 spiro atoms. The van der Waals surface area contributed by atoms with Crippen LogP contribution in [-0.2, 0) is 0 Å². The molecular formula is C10H7BrINO. The van der Waals surface area contributed by atoms with E-state index in [9.17, 15) is 4.79 Å². The van der Waals surface area contributed by atoms with Gasteiger partial charge in [-0.2, -0.15) is 5.26 Å². The molecule has 0 aliphatic rings. The van der Waals surface area contributed by atoms with Crippen molar-refractivity contribution in [3.8, 4) is 6.07 Å². The van der Waals surface area contributed by atoms with Crippen molar-refractivity contribution in [3.63, 3.8) is 0 Å². The summed E-state index contributed by atoms with van der Waals surface area (Å²) in [7, 11) is 0. The van der Waals surface area contributed by atoms with Crippen LogP contribution in [0.2, 0.25) is 0 Å². The summed E-state index contributed by atoms with van der Waals surface area (Å²) in [6.07, 6.45) is 0. The van der Waals surface area contributed by atoms with E-state index in [1.807, 2.05) is 13.0 Å². The molecule has 0 radical (unpaired) electrons. The Labute approximate surface area is 105 Å². The van der Waals surface area contributed by atoms with Gasteiger partial charge in [0.05, 0.1) is 10.9 Å². The number of alkyl halides is 1. The van der Waals surface area contributed by atoms with Gasteiger partial charge in [0.2, 0.25) is 0 Å². The van der Waals surface area contributed by atoms with Crippen LogP contribution in [0.15, 0.2) is 12.1 Å². The monoisotopic (exact) mass is 363 g/mol. The average Bonchev–Trinajstić information content (AvgIpc) is 2.15. The van der Waals surface area contributed by atoms with Crippen LogP contribution in [0.5, 0.6) is 0 Å². The smallest absolute Gasteiger partial charge is 0.174 e. The zero-order chi connectivity index (χ0) is 10.7. The van der Waals surface area contributed by atoms with E-state index in [4.69, 9.17) is 5.26 Å². The van der Waals surface area contributed by atoms with E-state index in [1.165, 1.54) is 0 Å². The van der Waals surface area contributed by atoms with Crippen LogP contribution < -0.4 is 0 Å². The summed E-state index contributed by atoms with van der Waals surface area (Å²) in [5.41, 5.74) is 1.84. The van der Waals surface area contributed by atoms with Crippen molar-refractivity contribution >= 4 is 44.3 Å². The second-order valence-corrected chi connectivity index (χ2v) is 4.62. The number of nitriles is 1. The van der Waals surface area contributed by atoms with Crippen LogP contribution in [-0.4, -0.2) is 11.1 Å². The Morgan fingerprint density at radius 3 is 2.79 bits per heavy atom. The average molecular weight is 364 g/mol. The van der Waals surface area contributed by atoms with Gasteiger partial charge in [0.1, 0.15) is 6.07 Å². The Balaban J connectivity index is 3.41. The zero-order valence-electron chi connectivity index (χ0n) is 7.47. The first-order chi connectivity index (χ1) is 6.60. The van der Waals surface area contributed by atoms with Crippen LogP contribution in [0.3, 0.4) is 0 Å². The first-order valence-corrected chi connectivity index (χ1v) is 6.09. The lowest BCUT2D eigenvalue weighted by Gasteiger charge is -2.04. The first-order valence-electron chi connectivity index (χ1n) is 3.89. The number of benzene rings is 1. The number of nitrogens with zero attached hydrogens (tertiary/aromatic N) is 1. The highest BCUT2D eigenvalue weighted by molar-refractivity contribution is 14.1. The molecule has 14 heavy (non-hydrogen) atoms. The van der Waals surface area contributed by atoms with Gasteiger partial charge in [-0.1, -0.05) is 15.9 Å². The van der Waals surface area contributed by atoms with Crippen LogP contribution >= 0.6 is 38.5 Å². The number of carbonyl (C=O) groups excluding carboxylic acids is 1. The number of ketones is 1. The highest BCUT2D eigenvalue weighted by Crippen LogP contribution is 2.19. The lowest BCUT2D eigenvalue weighted by Crippen LogP contribution is -2.05. The van der Waals surface area contributed by atoms with Gasteiger partial charge in [0.15, 0.2) is 5.78 Å². The van der Waals surface area contributed by atoms with Crippen LogP contribution in [0.25, 0.3) is 0 Å². The van der Waals surface area contributed by atoms with Crippen molar-refractivity contribution in [1.29, 1.82) is 5.26 Å². The minimum atomic E-state index is -0.0526. The molecule has 0 saturated heterocycles. The highest BCUT2D eigenvalue weighted by atomic mass is 127. The topological polar surface area (TPSA) is 40.9 Å². The third-order valence-electron chi connectivity index (χ3n) is 1.83. The molecule has 0 fully saturated rings. The molecule has 72 valence electrons. The van der Waals surface area contributed by atoms with E-state index in [0.29, 0.717) is 11.1 Å². The van der Waals surface area contributed by atoms with Crippen molar-refractivity contribution in [2.75, 3.05) is 5.33 Å². The van der Waals surface area contributed by atoms with Crippen LogP contribution in [0.1, 0.15) is 21.5 Å². The fourth-order valence-electron chi connectivity index (χ4n) is 1.18. The van der Waals surface area contributed by atoms with Crippen molar-refractivity contribution < 1.29 is 4.79 Å². The van der Waals surface area contributed by atoms with Crippen molar-refractivity contribution in [3.05, 3.63) is 32.4 Å². The summed E-state index contributed by atoms with van der Waals surface area (Å²) in [4.78, 5) is 11.5. The third-order valence-corrected chi connectivity index (χ3v) is 2.97. The molecular weight excluding hydrogens is 357 g/mol. The fraction of sp³-hybridized carbons (Fsp3) is 0.200. The van der Waals surface area contributed by atoms with Gasteiger partial charge in [0.25, 0.3) is 0 Å². The molecule has 0 aliphatic carbocycles. The summed E-state index contributed by atoms with van der Waals surface area (Å²) in [6.45, 7) is 1.84. The second kappa shape index (κ2) is 4.89. The molecule has 1 aromatic rings. The first kappa shape index (κ1) is 11.7. The summed E-state index contributed by atoms with van der Waals surface area (Å²) in [6, 6.07) is 5.70. The highest BCUT2D eigenvalue weighted by Gasteiger charge is 2.13. The van der Waals surface area contributed by atoms with Crippen LogP contribution in [0, 0.1) is 21.8 Å². The molecule has 0 aromatic heterocycles. The molecule has 0 saturated carbocycles. The zero-order valence-corrected chi connectivity index (χ0v) is 11.2. The van der Waals surface area contributed by atoms with Gasteiger partial charge in [-0.25, -0.2) is 0 Å². The van der Waals surface area contributed by atoms with Gasteiger partial charge in [-0.15, -0.1) is 0 Å². The molecule has 0 bridgehead atoms. The van der Waals surface area contributed by atoms with Crippen molar-refractivity contribution in [1.82, 2.24) is 0 Å². The maximum atomic E-state index is 11.5. The van der Waals surface area contributed by atoms with Gasteiger partial charge in [-0.3, -0.25) is 4.79 Å². The minimum Gasteiger partial charge on any atom is -0.293 e. The van der Waals surface area contributed by atoms with E-state index in [0.717, 1.165) is 9.13 Å². The van der Waals surface area contributed by atoms with E-state index in [1.54, 1.807) is 6.07 Å². The lowest BCUT2D eigenvalue weighted by atomic mass is 10.0. The quantitative estimate of drug-likeness (QED) is 0.460. The number of rotatable bonds is 2. The molecule has 1 aromatic carbocycles. The molecule has 0 N–H and O–H groups in total. The SMILES string of the molecule is Cc1cc(I)cc(C(=O)CBr)c1C#N. The number of hydrogen-bond acceptors (Lipinski definition) is 2. The number of hydrogen-bond donors (Lipinski definition) is 0. The standard InChI is InChI=1S/C10H7BrINO/c1-6-2-7(12)3-8(9(6)5-13)10(14)4-11/h2-3H,4H2,1H3. The summed E-state index contributed by atoms with van der Waals surface area (Å²) in [5.74, 6) is -0.0526. The maximum Gasteiger partial charge on any atom is 0.174 e. The molecule has 0 aliphatic heterocycles. The minimum absolute atomic E-state index is 0.0526. The van der Waals surface area contributed by atoms with E-state index < -0.39 is 0 Å². The third kappa shape index (κ3) is 2.34. The van der Waals surface area contributed by atoms with Gasteiger partial charge >= 0.3 is 0 Å². The number of halogens is 2.